The number of carbonyl (C=O) groups excluding carboxylic acids is 1. The van der Waals surface area contributed by atoms with Gasteiger partial charge in [-0.15, -0.1) is 0 Å². The van der Waals surface area contributed by atoms with Gasteiger partial charge in [-0.1, -0.05) is 6.07 Å². The van der Waals surface area contributed by atoms with Crippen LogP contribution in [0.2, 0.25) is 0 Å². The van der Waals surface area contributed by atoms with Crippen molar-refractivity contribution in [2.24, 2.45) is 0 Å². The second kappa shape index (κ2) is 5.79. The molecule has 1 aromatic rings. The molecule has 22 heavy (non-hydrogen) atoms. The number of nitrogens with one attached hydrogen (secondary N) is 1. The molecule has 5 nitrogen and oxygen atoms in total. The number of benzene rings is 1. The van der Waals surface area contributed by atoms with Gasteiger partial charge in [-0.2, -0.15) is 13.2 Å². The average molecular weight is 336 g/mol. The molecule has 1 aliphatic rings. The summed E-state index contributed by atoms with van der Waals surface area (Å²) >= 11 is 0. The van der Waals surface area contributed by atoms with Gasteiger partial charge in [0.15, 0.2) is 9.84 Å². The zero-order chi connectivity index (χ0) is 16.5. The number of sulfone groups is 1. The van der Waals surface area contributed by atoms with E-state index in [2.05, 4.69) is 5.32 Å². The normalized spacial score (nSPS) is 19.5. The second-order valence-electron chi connectivity index (χ2n) is 5.16. The number of hydrogen-bond acceptors (Lipinski definition) is 4. The molecule has 0 bridgehead atoms. The van der Waals surface area contributed by atoms with Gasteiger partial charge in [0.05, 0.1) is 4.90 Å². The highest BCUT2D eigenvalue weighted by Gasteiger charge is 2.39. The van der Waals surface area contributed by atoms with E-state index >= 15 is 0 Å². The van der Waals surface area contributed by atoms with Gasteiger partial charge in [0.1, 0.15) is 12.6 Å². The van der Waals surface area contributed by atoms with Gasteiger partial charge in [0.25, 0.3) is 0 Å². The lowest BCUT2D eigenvalue weighted by atomic mass is 10.2. The zero-order valence-electron chi connectivity index (χ0n) is 11.7. The lowest BCUT2D eigenvalue weighted by Crippen LogP contribution is -2.39. The summed E-state index contributed by atoms with van der Waals surface area (Å²) in [7, 11) is -3.39. The number of likely N-dealkylation sites (tertiary alicyclic amines) is 1. The van der Waals surface area contributed by atoms with E-state index in [-0.39, 0.29) is 17.9 Å². The van der Waals surface area contributed by atoms with Gasteiger partial charge in [-0.3, -0.25) is 4.79 Å². The molecule has 122 valence electrons. The summed E-state index contributed by atoms with van der Waals surface area (Å²) in [6.07, 6.45) is -3.14. The first-order valence-corrected chi connectivity index (χ1v) is 8.37. The molecule has 0 spiro atoms. The molecule has 0 unspecified atom stereocenters. The quantitative estimate of drug-likeness (QED) is 0.908. The highest BCUT2D eigenvalue weighted by molar-refractivity contribution is 7.90. The highest BCUT2D eigenvalue weighted by atomic mass is 32.2. The summed E-state index contributed by atoms with van der Waals surface area (Å²) in [5.41, 5.74) is 0.384. The topological polar surface area (TPSA) is 66.5 Å². The van der Waals surface area contributed by atoms with Crippen molar-refractivity contribution in [2.45, 2.75) is 23.5 Å². The molecule has 1 aromatic carbocycles. The summed E-state index contributed by atoms with van der Waals surface area (Å²) in [5.74, 6) is -0.637. The fourth-order valence-electron chi connectivity index (χ4n) is 2.26. The van der Waals surface area contributed by atoms with Crippen molar-refractivity contribution in [1.82, 2.24) is 4.90 Å². The molecule has 1 atom stereocenters. The molecule has 1 heterocycles. The lowest BCUT2D eigenvalue weighted by Gasteiger charge is -2.19. The van der Waals surface area contributed by atoms with Crippen molar-refractivity contribution in [1.29, 1.82) is 0 Å². The van der Waals surface area contributed by atoms with Crippen molar-refractivity contribution in [3.63, 3.8) is 0 Å². The fourth-order valence-corrected chi connectivity index (χ4v) is 2.93. The standard InChI is InChI=1S/C13H15F3N2O3S/c1-22(20,21)10-4-2-3-9(7-10)17-11-5-6-18(12(11)19)8-13(14,15)16/h2-4,7,11,17H,5-6,8H2,1H3/t11-/m0/s1. The SMILES string of the molecule is CS(=O)(=O)c1cccc(N[C@H]2CCN(CC(F)(F)F)C2=O)c1. The third-order valence-electron chi connectivity index (χ3n) is 3.27. The predicted octanol–water partition coefficient (Wildman–Crippen LogP) is 1.67. The van der Waals surface area contributed by atoms with Crippen LogP contribution >= 0.6 is 0 Å². The van der Waals surface area contributed by atoms with Gasteiger partial charge in [0, 0.05) is 18.5 Å². The molecular weight excluding hydrogens is 321 g/mol. The Labute approximate surface area is 126 Å². The Bertz CT molecular complexity index is 673. The van der Waals surface area contributed by atoms with Crippen LogP contribution in [0.1, 0.15) is 6.42 Å². The molecule has 0 saturated carbocycles. The van der Waals surface area contributed by atoms with Crippen LogP contribution in [-0.2, 0) is 14.6 Å². The van der Waals surface area contributed by atoms with E-state index in [0.29, 0.717) is 5.69 Å². The van der Waals surface area contributed by atoms with Crippen molar-refractivity contribution in [3.05, 3.63) is 24.3 Å². The summed E-state index contributed by atoms with van der Waals surface area (Å²) < 4.78 is 59.9. The second-order valence-corrected chi connectivity index (χ2v) is 7.18. The van der Waals surface area contributed by atoms with Crippen LogP contribution in [0, 0.1) is 0 Å². The maximum absolute atomic E-state index is 12.3. The van der Waals surface area contributed by atoms with Crippen LogP contribution in [0.15, 0.2) is 29.2 Å². The number of amides is 1. The molecule has 0 radical (unpaired) electrons. The van der Waals surface area contributed by atoms with E-state index in [1.54, 1.807) is 6.07 Å². The minimum Gasteiger partial charge on any atom is -0.374 e. The highest BCUT2D eigenvalue weighted by Crippen LogP contribution is 2.23. The predicted molar refractivity (Wildman–Crippen MR) is 74.2 cm³/mol. The van der Waals surface area contributed by atoms with Gasteiger partial charge < -0.3 is 10.2 Å². The van der Waals surface area contributed by atoms with E-state index in [1.807, 2.05) is 0 Å². The molecule has 0 aromatic heterocycles. The number of alkyl halides is 3. The van der Waals surface area contributed by atoms with Crippen LogP contribution < -0.4 is 5.32 Å². The Morgan fingerprint density at radius 3 is 2.64 bits per heavy atom. The Hall–Kier alpha value is -1.77. The summed E-state index contributed by atoms with van der Waals surface area (Å²) in [5, 5.41) is 2.80. The molecule has 2 rings (SSSR count). The summed E-state index contributed by atoms with van der Waals surface area (Å²) in [4.78, 5) is 12.7. The Morgan fingerprint density at radius 2 is 2.05 bits per heavy atom. The summed E-state index contributed by atoms with van der Waals surface area (Å²) in [6, 6.07) is 5.05. The Kier molecular flexibility index (Phi) is 4.37. The van der Waals surface area contributed by atoms with E-state index in [1.165, 1.54) is 18.2 Å². The van der Waals surface area contributed by atoms with Crippen LogP contribution in [0.25, 0.3) is 0 Å². The molecule has 0 aliphatic carbocycles. The fraction of sp³-hybridized carbons (Fsp3) is 0.462. The van der Waals surface area contributed by atoms with E-state index in [0.717, 1.165) is 11.2 Å². The largest absolute Gasteiger partial charge is 0.406 e. The van der Waals surface area contributed by atoms with Crippen molar-refractivity contribution < 1.29 is 26.4 Å². The van der Waals surface area contributed by atoms with Crippen LogP contribution in [-0.4, -0.2) is 50.8 Å². The van der Waals surface area contributed by atoms with Crippen molar-refractivity contribution in [2.75, 3.05) is 24.7 Å². The number of halogens is 3. The number of anilines is 1. The van der Waals surface area contributed by atoms with Crippen molar-refractivity contribution in [3.8, 4) is 0 Å². The molecule has 1 fully saturated rings. The molecule has 1 saturated heterocycles. The van der Waals surface area contributed by atoms with E-state index < -0.39 is 34.5 Å². The van der Waals surface area contributed by atoms with Gasteiger partial charge in [-0.25, -0.2) is 8.42 Å². The first-order valence-electron chi connectivity index (χ1n) is 6.48. The summed E-state index contributed by atoms with van der Waals surface area (Å²) in [6.45, 7) is -1.25. The van der Waals surface area contributed by atoms with Crippen LogP contribution in [0.3, 0.4) is 0 Å². The zero-order valence-corrected chi connectivity index (χ0v) is 12.5. The number of carbonyl (C=O) groups is 1. The van der Waals surface area contributed by atoms with E-state index in [9.17, 15) is 26.4 Å². The van der Waals surface area contributed by atoms with Gasteiger partial charge >= 0.3 is 6.18 Å². The maximum atomic E-state index is 12.3. The van der Waals surface area contributed by atoms with Gasteiger partial charge in [0.2, 0.25) is 5.91 Å². The van der Waals surface area contributed by atoms with Crippen LogP contribution in [0.4, 0.5) is 18.9 Å². The van der Waals surface area contributed by atoms with E-state index in [4.69, 9.17) is 0 Å². The third kappa shape index (κ3) is 4.12. The minimum absolute atomic E-state index is 0.0157. The lowest BCUT2D eigenvalue weighted by molar-refractivity contribution is -0.157. The van der Waals surface area contributed by atoms with Crippen LogP contribution in [0.5, 0.6) is 0 Å². The molecule has 1 N–H and O–H groups in total. The number of rotatable bonds is 4. The monoisotopic (exact) mass is 336 g/mol. The Balaban J connectivity index is 2.08. The first-order chi connectivity index (χ1) is 10.1. The van der Waals surface area contributed by atoms with Crippen molar-refractivity contribution >= 4 is 21.4 Å². The number of nitrogens with zero attached hydrogens (tertiary/aromatic N) is 1. The Morgan fingerprint density at radius 1 is 1.36 bits per heavy atom. The average Bonchev–Trinajstić information content (AvgIpc) is 2.69. The molecule has 1 amide bonds. The molecular formula is C13H15F3N2O3S. The maximum Gasteiger partial charge on any atom is 0.406 e. The van der Waals surface area contributed by atoms with Gasteiger partial charge in [-0.05, 0) is 24.6 Å². The smallest absolute Gasteiger partial charge is 0.374 e. The molecule has 1 aliphatic heterocycles. The number of hydrogen-bond donors (Lipinski definition) is 1. The molecule has 9 heteroatoms. The first kappa shape index (κ1) is 16.6. The minimum atomic E-state index is -4.43. The third-order valence-corrected chi connectivity index (χ3v) is 4.38.